The second-order valence-electron chi connectivity index (χ2n) is 6.81. The molecule has 0 bridgehead atoms. The molecule has 146 valence electrons. The molecule has 0 atom stereocenters. The van der Waals surface area contributed by atoms with Gasteiger partial charge in [0.2, 0.25) is 0 Å². The Morgan fingerprint density at radius 2 is 1.79 bits per heavy atom. The molecule has 3 rings (SSSR count). The Bertz CT molecular complexity index is 908. The van der Waals surface area contributed by atoms with Crippen LogP contribution in [0.3, 0.4) is 0 Å². The number of furan rings is 2. The van der Waals surface area contributed by atoms with Crippen molar-refractivity contribution in [1.29, 1.82) is 0 Å². The normalized spacial score (nSPS) is 10.8. The topological polar surface area (TPSA) is 84.5 Å². The van der Waals surface area contributed by atoms with Gasteiger partial charge in [-0.05, 0) is 56.7 Å². The van der Waals surface area contributed by atoms with Crippen molar-refractivity contribution in [2.24, 2.45) is 0 Å². The molecule has 0 unspecified atom stereocenters. The minimum atomic E-state index is -0.244. The molecule has 6 nitrogen and oxygen atoms in total. The van der Waals surface area contributed by atoms with E-state index in [0.29, 0.717) is 17.9 Å². The van der Waals surface area contributed by atoms with Crippen molar-refractivity contribution >= 4 is 11.8 Å². The monoisotopic (exact) mass is 380 g/mol. The van der Waals surface area contributed by atoms with Crippen LogP contribution in [0.2, 0.25) is 0 Å². The van der Waals surface area contributed by atoms with Gasteiger partial charge in [0.25, 0.3) is 11.8 Å². The number of amides is 2. The molecule has 2 amide bonds. The Labute approximate surface area is 163 Å². The van der Waals surface area contributed by atoms with E-state index in [-0.39, 0.29) is 23.6 Å². The molecule has 2 N–H and O–H groups in total. The van der Waals surface area contributed by atoms with Gasteiger partial charge >= 0.3 is 0 Å². The van der Waals surface area contributed by atoms with Gasteiger partial charge in [0.05, 0.1) is 6.26 Å². The standard InChI is InChI=1S/C22H24N2O4/c1-15(2)24-22(26)20-12-11-19(28-20)16-7-9-17(10-8-16)21(25)23-13-3-5-18-6-4-14-27-18/h4,6-12,14-15H,3,5,13H2,1-2H3,(H,23,25)(H,24,26). The quantitative estimate of drug-likeness (QED) is 0.578. The third-order valence-corrected chi connectivity index (χ3v) is 4.15. The molecule has 0 saturated heterocycles. The fourth-order valence-electron chi connectivity index (χ4n) is 2.76. The van der Waals surface area contributed by atoms with Gasteiger partial charge in [-0.15, -0.1) is 0 Å². The van der Waals surface area contributed by atoms with E-state index in [4.69, 9.17) is 8.83 Å². The lowest BCUT2D eigenvalue weighted by atomic mass is 10.1. The molecule has 28 heavy (non-hydrogen) atoms. The number of benzene rings is 1. The Kier molecular flexibility index (Phi) is 6.32. The zero-order valence-electron chi connectivity index (χ0n) is 16.0. The summed E-state index contributed by atoms with van der Waals surface area (Å²) in [5, 5.41) is 5.69. The molecule has 0 aliphatic carbocycles. The van der Waals surface area contributed by atoms with Gasteiger partial charge in [0, 0.05) is 30.1 Å². The van der Waals surface area contributed by atoms with Crippen molar-refractivity contribution in [3.8, 4) is 11.3 Å². The van der Waals surface area contributed by atoms with Gasteiger partial charge in [-0.2, -0.15) is 0 Å². The fourth-order valence-corrected chi connectivity index (χ4v) is 2.76. The lowest BCUT2D eigenvalue weighted by Crippen LogP contribution is -2.29. The highest BCUT2D eigenvalue weighted by Crippen LogP contribution is 2.22. The molecule has 0 aliphatic rings. The van der Waals surface area contributed by atoms with Crippen LogP contribution in [0, 0.1) is 0 Å². The van der Waals surface area contributed by atoms with Gasteiger partial charge in [-0.3, -0.25) is 9.59 Å². The van der Waals surface area contributed by atoms with Crippen molar-refractivity contribution in [3.63, 3.8) is 0 Å². The van der Waals surface area contributed by atoms with Crippen molar-refractivity contribution < 1.29 is 18.4 Å². The van der Waals surface area contributed by atoms with Gasteiger partial charge in [0.1, 0.15) is 11.5 Å². The van der Waals surface area contributed by atoms with Crippen LogP contribution in [0.25, 0.3) is 11.3 Å². The smallest absolute Gasteiger partial charge is 0.287 e. The number of hydrogen-bond donors (Lipinski definition) is 2. The molecule has 6 heteroatoms. The molecule has 2 heterocycles. The Morgan fingerprint density at radius 3 is 2.46 bits per heavy atom. The number of carbonyl (C=O) groups excluding carboxylic acids is 2. The van der Waals surface area contributed by atoms with Crippen LogP contribution in [-0.4, -0.2) is 24.4 Å². The highest BCUT2D eigenvalue weighted by atomic mass is 16.4. The van der Waals surface area contributed by atoms with E-state index in [1.807, 2.05) is 26.0 Å². The molecular weight excluding hydrogens is 356 g/mol. The zero-order chi connectivity index (χ0) is 19.9. The summed E-state index contributed by atoms with van der Waals surface area (Å²) < 4.78 is 10.9. The minimum Gasteiger partial charge on any atom is -0.469 e. The summed E-state index contributed by atoms with van der Waals surface area (Å²) in [4.78, 5) is 24.2. The molecule has 0 aliphatic heterocycles. The predicted octanol–water partition coefficient (Wildman–Crippen LogP) is 4.04. The molecule has 0 spiro atoms. The summed E-state index contributed by atoms with van der Waals surface area (Å²) in [7, 11) is 0. The Balaban J connectivity index is 1.53. The van der Waals surface area contributed by atoms with Gasteiger partial charge in [0.15, 0.2) is 5.76 Å². The molecule has 0 fully saturated rings. The second kappa shape index (κ2) is 9.08. The average Bonchev–Trinajstić information content (AvgIpc) is 3.36. The average molecular weight is 380 g/mol. The maximum absolute atomic E-state index is 12.2. The van der Waals surface area contributed by atoms with E-state index in [1.54, 1.807) is 42.7 Å². The molecule has 0 saturated carbocycles. The van der Waals surface area contributed by atoms with E-state index < -0.39 is 0 Å². The number of carbonyl (C=O) groups is 2. The zero-order valence-corrected chi connectivity index (χ0v) is 16.0. The summed E-state index contributed by atoms with van der Waals surface area (Å²) in [5.74, 6) is 1.40. The van der Waals surface area contributed by atoms with Crippen LogP contribution in [0.1, 0.15) is 46.9 Å². The van der Waals surface area contributed by atoms with E-state index in [9.17, 15) is 9.59 Å². The maximum atomic E-state index is 12.2. The summed E-state index contributed by atoms with van der Waals surface area (Å²) >= 11 is 0. The molecule has 0 radical (unpaired) electrons. The molecule has 3 aromatic rings. The highest BCUT2D eigenvalue weighted by Gasteiger charge is 2.13. The first-order valence-corrected chi connectivity index (χ1v) is 9.34. The number of hydrogen-bond acceptors (Lipinski definition) is 4. The Hall–Kier alpha value is -3.28. The maximum Gasteiger partial charge on any atom is 0.287 e. The summed E-state index contributed by atoms with van der Waals surface area (Å²) in [6, 6.07) is 14.3. The van der Waals surface area contributed by atoms with Crippen molar-refractivity contribution in [2.45, 2.75) is 32.7 Å². The van der Waals surface area contributed by atoms with E-state index in [2.05, 4.69) is 10.6 Å². The van der Waals surface area contributed by atoms with Crippen LogP contribution >= 0.6 is 0 Å². The number of nitrogens with one attached hydrogen (secondary N) is 2. The predicted molar refractivity (Wildman–Crippen MR) is 106 cm³/mol. The van der Waals surface area contributed by atoms with Crippen molar-refractivity contribution in [3.05, 3.63) is 71.9 Å². The number of aryl methyl sites for hydroxylation is 1. The van der Waals surface area contributed by atoms with E-state index in [0.717, 1.165) is 24.2 Å². The van der Waals surface area contributed by atoms with Gasteiger partial charge in [-0.25, -0.2) is 0 Å². The first-order chi connectivity index (χ1) is 13.5. The highest BCUT2D eigenvalue weighted by molar-refractivity contribution is 5.95. The first-order valence-electron chi connectivity index (χ1n) is 9.34. The van der Waals surface area contributed by atoms with Crippen molar-refractivity contribution in [2.75, 3.05) is 6.54 Å². The van der Waals surface area contributed by atoms with Gasteiger partial charge in [-0.1, -0.05) is 12.1 Å². The third kappa shape index (κ3) is 5.13. The van der Waals surface area contributed by atoms with Crippen LogP contribution in [0.15, 0.2) is 63.6 Å². The van der Waals surface area contributed by atoms with Crippen LogP contribution in [0.4, 0.5) is 0 Å². The third-order valence-electron chi connectivity index (χ3n) is 4.15. The lowest BCUT2D eigenvalue weighted by Gasteiger charge is -2.06. The second-order valence-corrected chi connectivity index (χ2v) is 6.81. The molecule has 2 aromatic heterocycles. The number of rotatable bonds is 8. The Morgan fingerprint density at radius 1 is 1.00 bits per heavy atom. The SMILES string of the molecule is CC(C)NC(=O)c1ccc(-c2ccc(C(=O)NCCCc3ccco3)cc2)o1. The fraction of sp³-hybridized carbons (Fsp3) is 0.273. The molecular formula is C22H24N2O4. The van der Waals surface area contributed by atoms with Crippen molar-refractivity contribution in [1.82, 2.24) is 10.6 Å². The van der Waals surface area contributed by atoms with Crippen LogP contribution in [0.5, 0.6) is 0 Å². The first kappa shape index (κ1) is 19.5. The van der Waals surface area contributed by atoms with Gasteiger partial charge < -0.3 is 19.5 Å². The van der Waals surface area contributed by atoms with E-state index in [1.165, 1.54) is 0 Å². The van der Waals surface area contributed by atoms with E-state index >= 15 is 0 Å². The summed E-state index contributed by atoms with van der Waals surface area (Å²) in [6.07, 6.45) is 3.25. The summed E-state index contributed by atoms with van der Waals surface area (Å²) in [6.45, 7) is 4.36. The molecule has 1 aromatic carbocycles. The summed E-state index contributed by atoms with van der Waals surface area (Å²) in [5.41, 5.74) is 1.38. The lowest BCUT2D eigenvalue weighted by molar-refractivity contribution is 0.0914. The van der Waals surface area contributed by atoms with Crippen LogP contribution < -0.4 is 10.6 Å². The van der Waals surface area contributed by atoms with Crippen LogP contribution in [-0.2, 0) is 6.42 Å². The largest absolute Gasteiger partial charge is 0.469 e. The minimum absolute atomic E-state index is 0.0397.